The zero-order valence-corrected chi connectivity index (χ0v) is 15.8. The monoisotopic (exact) mass is 330 g/mol. The number of rotatable bonds is 6. The zero-order chi connectivity index (χ0) is 17.5. The van der Waals surface area contributed by atoms with Crippen LogP contribution in [0.2, 0.25) is 0 Å². The summed E-state index contributed by atoms with van der Waals surface area (Å²) in [6, 6.07) is 7.07. The maximum atomic E-state index is 6.19. The van der Waals surface area contributed by atoms with Gasteiger partial charge in [-0.2, -0.15) is 0 Å². The van der Waals surface area contributed by atoms with Crippen molar-refractivity contribution in [1.82, 2.24) is 4.90 Å². The molecular weight excluding hydrogens is 296 g/mol. The Balaban J connectivity index is 1.99. The number of nitrogens with zero attached hydrogens (tertiary/aromatic N) is 2. The molecule has 3 N–H and O–H groups in total. The van der Waals surface area contributed by atoms with Crippen molar-refractivity contribution < 1.29 is 0 Å². The summed E-state index contributed by atoms with van der Waals surface area (Å²) in [5, 5.41) is 3.37. The molecule has 1 fully saturated rings. The van der Waals surface area contributed by atoms with Gasteiger partial charge in [0, 0.05) is 24.8 Å². The summed E-state index contributed by atoms with van der Waals surface area (Å²) >= 11 is 0. The lowest BCUT2D eigenvalue weighted by Gasteiger charge is -2.34. The van der Waals surface area contributed by atoms with Gasteiger partial charge in [-0.1, -0.05) is 32.0 Å². The third-order valence-electron chi connectivity index (χ3n) is 5.05. The Hall–Kier alpha value is -1.55. The second-order valence-corrected chi connectivity index (χ2v) is 7.11. The van der Waals surface area contributed by atoms with Gasteiger partial charge >= 0.3 is 0 Å². The third kappa shape index (κ3) is 4.97. The van der Waals surface area contributed by atoms with Crippen molar-refractivity contribution in [2.75, 3.05) is 25.0 Å². The van der Waals surface area contributed by atoms with E-state index in [1.54, 1.807) is 0 Å². The van der Waals surface area contributed by atoms with Gasteiger partial charge in [-0.25, -0.2) is 0 Å². The van der Waals surface area contributed by atoms with Crippen molar-refractivity contribution >= 4 is 11.6 Å². The van der Waals surface area contributed by atoms with E-state index < -0.39 is 0 Å². The van der Waals surface area contributed by atoms with Gasteiger partial charge in [-0.05, 0) is 63.1 Å². The average Bonchev–Trinajstić information content (AvgIpc) is 2.60. The van der Waals surface area contributed by atoms with Crippen LogP contribution in [0.25, 0.3) is 0 Å². The normalized spacial score (nSPS) is 19.7. The van der Waals surface area contributed by atoms with Gasteiger partial charge < -0.3 is 16.0 Å². The molecule has 0 aromatic heterocycles. The molecule has 4 nitrogen and oxygen atoms in total. The third-order valence-corrected chi connectivity index (χ3v) is 5.05. The minimum atomic E-state index is 0.548. The van der Waals surface area contributed by atoms with Crippen LogP contribution in [-0.2, 0) is 12.8 Å². The first-order valence-electron chi connectivity index (χ1n) is 9.46. The number of nitrogens with two attached hydrogens (primary N) is 1. The zero-order valence-electron chi connectivity index (χ0n) is 15.8. The first-order chi connectivity index (χ1) is 11.5. The SMILES string of the molecule is CCc1cccc(CC)c1NC(N)=NCC1CCCN(C(C)C)C1. The van der Waals surface area contributed by atoms with Crippen molar-refractivity contribution in [2.24, 2.45) is 16.6 Å². The minimum absolute atomic E-state index is 0.548. The molecule has 0 radical (unpaired) electrons. The predicted molar refractivity (Wildman–Crippen MR) is 105 cm³/mol. The van der Waals surface area contributed by atoms with E-state index >= 15 is 0 Å². The Bertz CT molecular complexity index is 528. The van der Waals surface area contributed by atoms with Crippen LogP contribution in [-0.4, -0.2) is 36.5 Å². The maximum absolute atomic E-state index is 6.19. The number of para-hydroxylation sites is 1. The van der Waals surface area contributed by atoms with Gasteiger partial charge in [0.05, 0.1) is 0 Å². The Morgan fingerprint density at radius 1 is 1.29 bits per heavy atom. The molecule has 2 rings (SSSR count). The number of hydrogen-bond acceptors (Lipinski definition) is 2. The van der Waals surface area contributed by atoms with E-state index in [9.17, 15) is 0 Å². The molecule has 134 valence electrons. The highest BCUT2D eigenvalue weighted by atomic mass is 15.2. The first-order valence-corrected chi connectivity index (χ1v) is 9.46. The molecule has 0 bridgehead atoms. The number of likely N-dealkylation sites (tertiary alicyclic amines) is 1. The molecule has 0 aliphatic carbocycles. The summed E-state index contributed by atoms with van der Waals surface area (Å²) in [7, 11) is 0. The van der Waals surface area contributed by atoms with Crippen LogP contribution in [0.4, 0.5) is 5.69 Å². The van der Waals surface area contributed by atoms with Crippen LogP contribution in [0.15, 0.2) is 23.2 Å². The highest BCUT2D eigenvalue weighted by molar-refractivity contribution is 5.93. The first kappa shape index (κ1) is 18.8. The fourth-order valence-electron chi connectivity index (χ4n) is 3.51. The molecule has 1 aromatic carbocycles. The molecule has 1 unspecified atom stereocenters. The van der Waals surface area contributed by atoms with Crippen LogP contribution in [0.5, 0.6) is 0 Å². The van der Waals surface area contributed by atoms with Crippen LogP contribution in [0, 0.1) is 5.92 Å². The molecule has 4 heteroatoms. The molecule has 1 heterocycles. The largest absolute Gasteiger partial charge is 0.370 e. The highest BCUT2D eigenvalue weighted by Gasteiger charge is 2.21. The van der Waals surface area contributed by atoms with Gasteiger partial charge in [0.15, 0.2) is 5.96 Å². The van der Waals surface area contributed by atoms with E-state index in [1.807, 2.05) is 0 Å². The number of guanidine groups is 1. The summed E-state index contributed by atoms with van der Waals surface area (Å²) in [5.74, 6) is 1.17. The lowest BCUT2D eigenvalue weighted by Crippen LogP contribution is -2.41. The topological polar surface area (TPSA) is 53.6 Å². The molecule has 0 spiro atoms. The molecule has 1 saturated heterocycles. The van der Waals surface area contributed by atoms with Crippen LogP contribution >= 0.6 is 0 Å². The average molecular weight is 331 g/mol. The van der Waals surface area contributed by atoms with Crippen molar-refractivity contribution in [3.05, 3.63) is 29.3 Å². The van der Waals surface area contributed by atoms with Crippen LogP contribution < -0.4 is 11.1 Å². The van der Waals surface area contributed by atoms with Crippen LogP contribution in [0.1, 0.15) is 51.7 Å². The Morgan fingerprint density at radius 2 is 1.96 bits per heavy atom. The number of aliphatic imine (C=N–C) groups is 1. The van der Waals surface area contributed by atoms with E-state index in [0.717, 1.165) is 31.6 Å². The number of aryl methyl sites for hydroxylation is 2. The minimum Gasteiger partial charge on any atom is -0.370 e. The predicted octanol–water partition coefficient (Wildman–Crippen LogP) is 3.66. The van der Waals surface area contributed by atoms with E-state index in [-0.39, 0.29) is 0 Å². The number of hydrogen-bond donors (Lipinski definition) is 2. The number of benzene rings is 1. The lowest BCUT2D eigenvalue weighted by atomic mass is 9.97. The van der Waals surface area contributed by atoms with E-state index in [4.69, 9.17) is 5.73 Å². The highest BCUT2D eigenvalue weighted by Crippen LogP contribution is 2.22. The van der Waals surface area contributed by atoms with Crippen molar-refractivity contribution in [2.45, 2.75) is 59.4 Å². The molecular formula is C20H34N4. The standard InChI is InChI=1S/C20H34N4/c1-5-17-10-7-11-18(6-2)19(17)23-20(21)22-13-16-9-8-12-24(14-16)15(3)4/h7,10-11,15-16H,5-6,8-9,12-14H2,1-4H3,(H3,21,22,23). The van der Waals surface area contributed by atoms with Gasteiger partial charge in [-0.15, -0.1) is 0 Å². The molecule has 1 aliphatic heterocycles. The maximum Gasteiger partial charge on any atom is 0.193 e. The fraction of sp³-hybridized carbons (Fsp3) is 0.650. The summed E-state index contributed by atoms with van der Waals surface area (Å²) in [6.45, 7) is 12.1. The molecule has 0 saturated carbocycles. The smallest absolute Gasteiger partial charge is 0.193 e. The fourth-order valence-corrected chi connectivity index (χ4v) is 3.51. The Kier molecular flexibility index (Phi) is 7.10. The van der Waals surface area contributed by atoms with Gasteiger partial charge in [-0.3, -0.25) is 4.99 Å². The van der Waals surface area contributed by atoms with Gasteiger partial charge in [0.25, 0.3) is 0 Å². The lowest BCUT2D eigenvalue weighted by molar-refractivity contribution is 0.143. The quantitative estimate of drug-likeness (QED) is 0.618. The molecule has 1 aromatic rings. The number of piperidine rings is 1. The Labute approximate surface area is 147 Å². The second kappa shape index (κ2) is 9.07. The van der Waals surface area contributed by atoms with E-state index in [0.29, 0.717) is 17.9 Å². The summed E-state index contributed by atoms with van der Waals surface area (Å²) in [4.78, 5) is 7.19. The second-order valence-electron chi connectivity index (χ2n) is 7.11. The summed E-state index contributed by atoms with van der Waals surface area (Å²) < 4.78 is 0. The number of anilines is 1. The van der Waals surface area contributed by atoms with E-state index in [2.05, 4.69) is 61.1 Å². The van der Waals surface area contributed by atoms with E-state index in [1.165, 1.54) is 30.5 Å². The van der Waals surface area contributed by atoms with Crippen LogP contribution in [0.3, 0.4) is 0 Å². The Morgan fingerprint density at radius 3 is 2.54 bits per heavy atom. The van der Waals surface area contributed by atoms with Crippen molar-refractivity contribution in [3.63, 3.8) is 0 Å². The molecule has 1 atom stereocenters. The molecule has 24 heavy (non-hydrogen) atoms. The molecule has 1 aliphatic rings. The molecule has 0 amide bonds. The van der Waals surface area contributed by atoms with Gasteiger partial charge in [0.2, 0.25) is 0 Å². The van der Waals surface area contributed by atoms with Crippen molar-refractivity contribution in [3.8, 4) is 0 Å². The van der Waals surface area contributed by atoms with Crippen molar-refractivity contribution in [1.29, 1.82) is 0 Å². The number of nitrogens with one attached hydrogen (secondary N) is 1. The summed E-state index contributed by atoms with van der Waals surface area (Å²) in [6.07, 6.45) is 4.51. The van der Waals surface area contributed by atoms with Gasteiger partial charge in [0.1, 0.15) is 0 Å². The summed E-state index contributed by atoms with van der Waals surface area (Å²) in [5.41, 5.74) is 9.94.